The second-order valence-electron chi connectivity index (χ2n) is 4.05. The van der Waals surface area contributed by atoms with Crippen LogP contribution in [0.5, 0.6) is 0 Å². The zero-order valence-corrected chi connectivity index (χ0v) is 9.57. The van der Waals surface area contributed by atoms with Crippen LogP contribution in [0.2, 0.25) is 0 Å². The van der Waals surface area contributed by atoms with E-state index >= 15 is 0 Å². The van der Waals surface area contributed by atoms with E-state index in [1.54, 1.807) is 0 Å². The summed E-state index contributed by atoms with van der Waals surface area (Å²) in [6.07, 6.45) is 5.24. The lowest BCUT2D eigenvalue weighted by molar-refractivity contribution is 0.531. The van der Waals surface area contributed by atoms with Crippen molar-refractivity contribution in [2.24, 2.45) is 0 Å². The Morgan fingerprint density at radius 3 is 2.62 bits per heavy atom. The van der Waals surface area contributed by atoms with Crippen LogP contribution in [0.3, 0.4) is 0 Å². The van der Waals surface area contributed by atoms with Crippen LogP contribution in [0.25, 0.3) is 5.57 Å². The van der Waals surface area contributed by atoms with Gasteiger partial charge in [-0.3, -0.25) is 0 Å². The van der Waals surface area contributed by atoms with E-state index in [1.807, 2.05) is 38.4 Å². The van der Waals surface area contributed by atoms with Gasteiger partial charge in [-0.15, -0.1) is 0 Å². The fourth-order valence-electron chi connectivity index (χ4n) is 1.87. The summed E-state index contributed by atoms with van der Waals surface area (Å²) in [6, 6.07) is 9.99. The second-order valence-corrected chi connectivity index (χ2v) is 4.05. The Labute approximate surface area is 96.1 Å². The molecule has 16 heavy (non-hydrogen) atoms. The van der Waals surface area contributed by atoms with Crippen molar-refractivity contribution in [2.75, 3.05) is 14.1 Å². The average molecular weight is 210 g/mol. The quantitative estimate of drug-likeness (QED) is 0.750. The third-order valence-electron chi connectivity index (χ3n) is 2.76. The highest BCUT2D eigenvalue weighted by atomic mass is 15.1. The lowest BCUT2D eigenvalue weighted by atomic mass is 10.00. The minimum absolute atomic E-state index is 0.752. The molecule has 0 amide bonds. The van der Waals surface area contributed by atoms with Crippen LogP contribution in [0, 0.1) is 11.3 Å². The molecule has 0 aliphatic heterocycles. The van der Waals surface area contributed by atoms with Gasteiger partial charge in [0.1, 0.15) is 0 Å². The van der Waals surface area contributed by atoms with E-state index in [0.717, 1.165) is 17.5 Å². The van der Waals surface area contributed by atoms with Crippen molar-refractivity contribution in [1.29, 1.82) is 5.26 Å². The summed E-state index contributed by atoms with van der Waals surface area (Å²) < 4.78 is 0. The maximum atomic E-state index is 9.05. The Balaban J connectivity index is 2.36. The lowest BCUT2D eigenvalue weighted by Gasteiger charge is -2.10. The Bertz CT molecular complexity index is 502. The first kappa shape index (κ1) is 10.5. The van der Waals surface area contributed by atoms with Crippen molar-refractivity contribution in [2.45, 2.75) is 6.42 Å². The van der Waals surface area contributed by atoms with E-state index in [-0.39, 0.29) is 0 Å². The summed E-state index contributed by atoms with van der Waals surface area (Å²) in [5, 5.41) is 9.05. The van der Waals surface area contributed by atoms with E-state index in [2.05, 4.69) is 23.1 Å². The highest BCUT2D eigenvalue weighted by Gasteiger charge is 2.12. The predicted octanol–water partition coefficient (Wildman–Crippen LogP) is 2.79. The van der Waals surface area contributed by atoms with Gasteiger partial charge in [-0.2, -0.15) is 5.26 Å². The lowest BCUT2D eigenvalue weighted by Crippen LogP contribution is -2.07. The molecule has 2 nitrogen and oxygen atoms in total. The normalized spacial score (nSPS) is 14.1. The smallest absolute Gasteiger partial charge is 0.0998 e. The zero-order chi connectivity index (χ0) is 11.5. The molecule has 0 bridgehead atoms. The minimum atomic E-state index is 0.752. The van der Waals surface area contributed by atoms with Gasteiger partial charge in [-0.05, 0) is 29.7 Å². The van der Waals surface area contributed by atoms with Crippen molar-refractivity contribution in [3.8, 4) is 6.07 Å². The molecule has 0 spiro atoms. The van der Waals surface area contributed by atoms with Crippen LogP contribution in [0.4, 0.5) is 0 Å². The van der Waals surface area contributed by atoms with Gasteiger partial charge in [-0.25, -0.2) is 0 Å². The fraction of sp³-hybridized carbons (Fsp3) is 0.214. The van der Waals surface area contributed by atoms with Gasteiger partial charge < -0.3 is 4.90 Å². The molecule has 0 atom stereocenters. The van der Waals surface area contributed by atoms with Gasteiger partial charge in [0.05, 0.1) is 11.6 Å². The first-order valence-electron chi connectivity index (χ1n) is 5.30. The van der Waals surface area contributed by atoms with E-state index in [4.69, 9.17) is 5.26 Å². The molecule has 80 valence electrons. The molecule has 1 aromatic rings. The van der Waals surface area contributed by atoms with Crippen molar-refractivity contribution in [3.63, 3.8) is 0 Å². The number of likely N-dealkylation sites (N-methyl/N-ethyl adjacent to an activating group) is 1. The van der Waals surface area contributed by atoms with Gasteiger partial charge in [0.15, 0.2) is 0 Å². The molecule has 0 fully saturated rings. The molecule has 0 aromatic heterocycles. The van der Waals surface area contributed by atoms with Gasteiger partial charge in [0.2, 0.25) is 0 Å². The molecule has 2 heteroatoms. The van der Waals surface area contributed by atoms with Crippen LogP contribution >= 0.6 is 0 Å². The molecule has 0 unspecified atom stereocenters. The Morgan fingerprint density at radius 1 is 1.25 bits per heavy atom. The van der Waals surface area contributed by atoms with Crippen molar-refractivity contribution in [3.05, 3.63) is 53.2 Å². The van der Waals surface area contributed by atoms with Crippen molar-refractivity contribution >= 4 is 5.57 Å². The summed E-state index contributed by atoms with van der Waals surface area (Å²) >= 11 is 0. The number of rotatable bonds is 2. The first-order valence-corrected chi connectivity index (χ1v) is 5.30. The summed E-state index contributed by atoms with van der Waals surface area (Å²) in [5.41, 5.74) is 4.24. The number of nitriles is 1. The van der Waals surface area contributed by atoms with E-state index in [9.17, 15) is 0 Å². The van der Waals surface area contributed by atoms with E-state index < -0.39 is 0 Å². The van der Waals surface area contributed by atoms with Crippen LogP contribution < -0.4 is 0 Å². The molecule has 1 aromatic carbocycles. The molecule has 2 rings (SSSR count). The molecule has 0 radical (unpaired) electrons. The SMILES string of the molecule is CN(C)C1=CCC(c2ccccc2C#N)=C1. The topological polar surface area (TPSA) is 27.0 Å². The van der Waals surface area contributed by atoms with E-state index in [1.165, 1.54) is 11.3 Å². The standard InChI is InChI=1S/C14H14N2/c1-16(2)13-8-7-11(9-13)14-6-4-3-5-12(14)10-15/h3-6,8-9H,7H2,1-2H3. The van der Waals surface area contributed by atoms with Crippen LogP contribution in [-0.4, -0.2) is 19.0 Å². The largest absolute Gasteiger partial charge is 0.378 e. The maximum absolute atomic E-state index is 9.05. The first-order chi connectivity index (χ1) is 7.72. The van der Waals surface area contributed by atoms with Gasteiger partial charge in [0.25, 0.3) is 0 Å². The number of hydrogen-bond donors (Lipinski definition) is 0. The second kappa shape index (κ2) is 4.24. The van der Waals surface area contributed by atoms with Crippen LogP contribution in [0.1, 0.15) is 17.5 Å². The third kappa shape index (κ3) is 1.85. The summed E-state index contributed by atoms with van der Waals surface area (Å²) in [7, 11) is 4.06. The van der Waals surface area contributed by atoms with E-state index in [0.29, 0.717) is 0 Å². The maximum Gasteiger partial charge on any atom is 0.0998 e. The number of hydrogen-bond acceptors (Lipinski definition) is 2. The third-order valence-corrected chi connectivity index (χ3v) is 2.76. The Hall–Kier alpha value is -2.01. The number of allylic oxidation sites excluding steroid dienone is 3. The predicted molar refractivity (Wildman–Crippen MR) is 65.5 cm³/mol. The molecule has 1 aliphatic rings. The number of nitrogens with zero attached hydrogens (tertiary/aromatic N) is 2. The van der Waals surface area contributed by atoms with Crippen molar-refractivity contribution < 1.29 is 0 Å². The van der Waals surface area contributed by atoms with Crippen LogP contribution in [0.15, 0.2) is 42.1 Å². The number of benzene rings is 1. The molecule has 0 saturated heterocycles. The zero-order valence-electron chi connectivity index (χ0n) is 9.57. The highest BCUT2D eigenvalue weighted by Crippen LogP contribution is 2.29. The highest BCUT2D eigenvalue weighted by molar-refractivity contribution is 5.75. The van der Waals surface area contributed by atoms with Gasteiger partial charge >= 0.3 is 0 Å². The molecule has 0 saturated carbocycles. The summed E-state index contributed by atoms with van der Waals surface area (Å²) in [6.45, 7) is 0. The molecular weight excluding hydrogens is 196 g/mol. The summed E-state index contributed by atoms with van der Waals surface area (Å²) in [4.78, 5) is 2.09. The van der Waals surface area contributed by atoms with Gasteiger partial charge in [0, 0.05) is 19.8 Å². The molecule has 1 aliphatic carbocycles. The van der Waals surface area contributed by atoms with Crippen molar-refractivity contribution in [1.82, 2.24) is 4.90 Å². The summed E-state index contributed by atoms with van der Waals surface area (Å²) in [5.74, 6) is 0. The molecule has 0 N–H and O–H groups in total. The van der Waals surface area contributed by atoms with Crippen LogP contribution in [-0.2, 0) is 0 Å². The monoisotopic (exact) mass is 210 g/mol. The minimum Gasteiger partial charge on any atom is -0.378 e. The Morgan fingerprint density at radius 2 is 2.00 bits per heavy atom. The van der Waals surface area contributed by atoms with Gasteiger partial charge in [-0.1, -0.05) is 24.3 Å². The molecular formula is C14H14N2. The Kier molecular flexibility index (Phi) is 2.78. The average Bonchev–Trinajstić information content (AvgIpc) is 2.78. The fourth-order valence-corrected chi connectivity index (χ4v) is 1.87. The molecule has 0 heterocycles.